The first-order valence-electron chi connectivity index (χ1n) is 7.70. The van der Waals surface area contributed by atoms with Gasteiger partial charge >= 0.3 is 0 Å². The summed E-state index contributed by atoms with van der Waals surface area (Å²) in [6.07, 6.45) is 2.92. The summed E-state index contributed by atoms with van der Waals surface area (Å²) < 4.78 is 0. The van der Waals surface area contributed by atoms with E-state index in [1.54, 1.807) is 0 Å². The summed E-state index contributed by atoms with van der Waals surface area (Å²) in [4.78, 5) is 25.2. The summed E-state index contributed by atoms with van der Waals surface area (Å²) in [5.74, 6) is -0.0789. The topological polar surface area (TPSA) is 108 Å². The molecule has 7 nitrogen and oxygen atoms in total. The largest absolute Gasteiger partial charge is 0.395 e. The summed E-state index contributed by atoms with van der Waals surface area (Å²) in [5, 5.41) is 14.0. The molecule has 0 spiro atoms. The van der Waals surface area contributed by atoms with E-state index in [-0.39, 0.29) is 25.0 Å². The second-order valence-corrected chi connectivity index (χ2v) is 4.91. The smallest absolute Gasteiger partial charge is 0.221 e. The van der Waals surface area contributed by atoms with E-state index >= 15 is 0 Å². The van der Waals surface area contributed by atoms with Crippen molar-refractivity contribution >= 4 is 11.8 Å². The molecule has 0 heterocycles. The Balaban J connectivity index is 4.01. The van der Waals surface area contributed by atoms with Crippen molar-refractivity contribution in [3.8, 4) is 0 Å². The maximum Gasteiger partial charge on any atom is 0.221 e. The van der Waals surface area contributed by atoms with Gasteiger partial charge in [0.1, 0.15) is 0 Å². The van der Waals surface area contributed by atoms with E-state index in [0.717, 1.165) is 19.4 Å². The van der Waals surface area contributed by atoms with Crippen LogP contribution in [0.25, 0.3) is 0 Å². The molecule has 124 valence electrons. The van der Waals surface area contributed by atoms with E-state index in [1.807, 2.05) is 0 Å². The highest BCUT2D eigenvalue weighted by molar-refractivity contribution is 5.76. The third-order valence-corrected chi connectivity index (χ3v) is 3.04. The average Bonchev–Trinajstić information content (AvgIpc) is 2.49. The van der Waals surface area contributed by atoms with Crippen LogP contribution < -0.4 is 16.4 Å². The first kappa shape index (κ1) is 19.8. The van der Waals surface area contributed by atoms with E-state index in [4.69, 9.17) is 10.8 Å². The monoisotopic (exact) mass is 302 g/mol. The van der Waals surface area contributed by atoms with E-state index < -0.39 is 0 Å². The molecule has 7 heteroatoms. The Labute approximate surface area is 127 Å². The Morgan fingerprint density at radius 2 is 1.62 bits per heavy atom. The van der Waals surface area contributed by atoms with Crippen LogP contribution in [0, 0.1) is 0 Å². The summed E-state index contributed by atoms with van der Waals surface area (Å²) in [6.45, 7) is 5.44. The highest BCUT2D eigenvalue weighted by atomic mass is 16.3. The van der Waals surface area contributed by atoms with Crippen molar-refractivity contribution in [1.82, 2.24) is 15.5 Å². The highest BCUT2D eigenvalue weighted by Crippen LogP contribution is 1.99. The normalized spacial score (nSPS) is 10.7. The minimum Gasteiger partial charge on any atom is -0.395 e. The zero-order valence-corrected chi connectivity index (χ0v) is 13.1. The maximum absolute atomic E-state index is 11.6. The molecule has 0 atom stereocenters. The lowest BCUT2D eigenvalue weighted by atomic mass is 10.2. The van der Waals surface area contributed by atoms with Gasteiger partial charge in [-0.2, -0.15) is 0 Å². The van der Waals surface area contributed by atoms with Crippen LogP contribution in [0.15, 0.2) is 0 Å². The molecule has 0 rings (SSSR count). The summed E-state index contributed by atoms with van der Waals surface area (Å²) in [7, 11) is 0. The molecule has 0 saturated heterocycles. The molecule has 0 aromatic heterocycles. The number of nitrogens with zero attached hydrogens (tertiary/aromatic N) is 1. The van der Waals surface area contributed by atoms with Gasteiger partial charge in [0, 0.05) is 45.6 Å². The predicted octanol–water partition coefficient (Wildman–Crippen LogP) is -0.948. The van der Waals surface area contributed by atoms with Crippen LogP contribution >= 0.6 is 0 Å². The Morgan fingerprint density at radius 1 is 1.05 bits per heavy atom. The van der Waals surface area contributed by atoms with Gasteiger partial charge in [0.25, 0.3) is 0 Å². The van der Waals surface area contributed by atoms with Gasteiger partial charge in [-0.15, -0.1) is 0 Å². The van der Waals surface area contributed by atoms with Crippen LogP contribution in [-0.2, 0) is 9.59 Å². The van der Waals surface area contributed by atoms with Gasteiger partial charge < -0.3 is 26.4 Å². The molecule has 0 saturated carbocycles. The number of nitrogens with two attached hydrogens (primary N) is 1. The van der Waals surface area contributed by atoms with Gasteiger partial charge in [0.05, 0.1) is 6.61 Å². The molecule has 0 radical (unpaired) electrons. The number of nitrogens with one attached hydrogen (secondary N) is 2. The summed E-state index contributed by atoms with van der Waals surface area (Å²) in [5.41, 5.74) is 5.33. The molecule has 0 bridgehead atoms. The Hall–Kier alpha value is -1.18. The van der Waals surface area contributed by atoms with Crippen LogP contribution in [0.5, 0.6) is 0 Å². The number of carbonyl (C=O) groups excluding carboxylic acids is 2. The van der Waals surface area contributed by atoms with Crippen molar-refractivity contribution in [3.63, 3.8) is 0 Å². The lowest BCUT2D eigenvalue weighted by Crippen LogP contribution is -2.36. The first-order chi connectivity index (χ1) is 10.1. The number of hydrogen-bond donors (Lipinski definition) is 4. The molecular weight excluding hydrogens is 272 g/mol. The second-order valence-electron chi connectivity index (χ2n) is 4.91. The minimum atomic E-state index is -0.0712. The maximum atomic E-state index is 11.6. The molecule has 0 aliphatic heterocycles. The zero-order chi connectivity index (χ0) is 15.9. The van der Waals surface area contributed by atoms with Crippen LogP contribution in [0.2, 0.25) is 0 Å². The number of unbranched alkanes of at least 4 members (excludes halogenated alkanes) is 1. The first-order valence-corrected chi connectivity index (χ1v) is 7.70. The number of carbonyl (C=O) groups is 2. The van der Waals surface area contributed by atoms with E-state index in [0.29, 0.717) is 39.0 Å². The number of rotatable bonds is 13. The van der Waals surface area contributed by atoms with Gasteiger partial charge in [-0.1, -0.05) is 13.3 Å². The molecule has 0 aromatic rings. The van der Waals surface area contributed by atoms with Gasteiger partial charge in [-0.3, -0.25) is 9.59 Å². The van der Waals surface area contributed by atoms with Crippen molar-refractivity contribution in [2.24, 2.45) is 5.73 Å². The fraction of sp³-hybridized carbons (Fsp3) is 0.857. The molecular formula is C14H30N4O3. The van der Waals surface area contributed by atoms with Crippen molar-refractivity contribution in [1.29, 1.82) is 0 Å². The lowest BCUT2D eigenvalue weighted by molar-refractivity contribution is -0.121. The standard InChI is InChI=1S/C14H30N4O3/c1-2-3-9-18(10-4-13(20)16-7-6-15)11-5-14(21)17-8-12-19/h19H,2-12,15H2,1H3,(H,16,20)(H,17,21). The van der Waals surface area contributed by atoms with E-state index in [1.165, 1.54) is 0 Å². The van der Waals surface area contributed by atoms with Gasteiger partial charge in [0.15, 0.2) is 0 Å². The molecule has 0 aliphatic rings. The molecule has 5 N–H and O–H groups in total. The third kappa shape index (κ3) is 12.3. The van der Waals surface area contributed by atoms with Crippen molar-refractivity contribution in [2.75, 3.05) is 45.9 Å². The number of amides is 2. The average molecular weight is 302 g/mol. The Bertz CT molecular complexity index is 263. The molecule has 21 heavy (non-hydrogen) atoms. The molecule has 0 fully saturated rings. The minimum absolute atomic E-state index is 0.00770. The number of aliphatic hydroxyl groups is 1. The number of aliphatic hydroxyl groups excluding tert-OH is 1. The second kappa shape index (κ2) is 13.8. The van der Waals surface area contributed by atoms with Crippen LogP contribution in [0.1, 0.15) is 32.6 Å². The zero-order valence-electron chi connectivity index (χ0n) is 13.1. The molecule has 0 aromatic carbocycles. The number of hydrogen-bond acceptors (Lipinski definition) is 5. The van der Waals surface area contributed by atoms with E-state index in [9.17, 15) is 9.59 Å². The van der Waals surface area contributed by atoms with E-state index in [2.05, 4.69) is 22.5 Å². The fourth-order valence-electron chi connectivity index (χ4n) is 1.82. The fourth-order valence-corrected chi connectivity index (χ4v) is 1.82. The molecule has 0 aliphatic carbocycles. The molecule has 2 amide bonds. The van der Waals surface area contributed by atoms with Crippen LogP contribution in [0.3, 0.4) is 0 Å². The lowest BCUT2D eigenvalue weighted by Gasteiger charge is -2.21. The highest BCUT2D eigenvalue weighted by Gasteiger charge is 2.10. The Morgan fingerprint density at radius 3 is 2.10 bits per heavy atom. The van der Waals surface area contributed by atoms with Crippen molar-refractivity contribution in [3.05, 3.63) is 0 Å². The van der Waals surface area contributed by atoms with Gasteiger partial charge in [-0.25, -0.2) is 0 Å². The quantitative estimate of drug-likeness (QED) is 0.351. The van der Waals surface area contributed by atoms with Crippen molar-refractivity contribution in [2.45, 2.75) is 32.6 Å². The SMILES string of the molecule is CCCCN(CCC(=O)NCCN)CCC(=O)NCCO. The predicted molar refractivity (Wildman–Crippen MR) is 82.7 cm³/mol. The summed E-state index contributed by atoms with van der Waals surface area (Å²) in [6, 6.07) is 0. The third-order valence-electron chi connectivity index (χ3n) is 3.04. The van der Waals surface area contributed by atoms with Crippen LogP contribution in [-0.4, -0.2) is 67.7 Å². The van der Waals surface area contributed by atoms with Crippen LogP contribution in [0.4, 0.5) is 0 Å². The summed E-state index contributed by atoms with van der Waals surface area (Å²) >= 11 is 0. The molecule has 0 unspecified atom stereocenters. The van der Waals surface area contributed by atoms with Crippen molar-refractivity contribution < 1.29 is 14.7 Å². The Kier molecular flexibility index (Phi) is 13.0. The van der Waals surface area contributed by atoms with Gasteiger partial charge in [0.2, 0.25) is 11.8 Å². The van der Waals surface area contributed by atoms with Gasteiger partial charge in [-0.05, 0) is 13.0 Å².